The molecule has 178 valence electrons. The van der Waals surface area contributed by atoms with Gasteiger partial charge in [-0.1, -0.05) is 50.6 Å². The average Bonchev–Trinajstić information content (AvgIpc) is 3.66. The zero-order valence-electron chi connectivity index (χ0n) is 20.5. The second-order valence-electron chi connectivity index (χ2n) is 10.5. The van der Waals surface area contributed by atoms with Crippen molar-refractivity contribution < 1.29 is 9.53 Å². The van der Waals surface area contributed by atoms with E-state index in [9.17, 15) is 4.79 Å². The molecule has 2 aliphatic carbocycles. The molecule has 0 heterocycles. The molecule has 1 amide bonds. The van der Waals surface area contributed by atoms with Crippen molar-refractivity contribution in [2.45, 2.75) is 64.7 Å². The van der Waals surface area contributed by atoms with Gasteiger partial charge in [0, 0.05) is 18.2 Å². The summed E-state index contributed by atoms with van der Waals surface area (Å²) in [6, 6.07) is 16.9. The Morgan fingerprint density at radius 1 is 1.18 bits per heavy atom. The van der Waals surface area contributed by atoms with Crippen LogP contribution in [0, 0.1) is 23.2 Å². The summed E-state index contributed by atoms with van der Waals surface area (Å²) in [4.78, 5) is 12.3. The fourth-order valence-electron chi connectivity index (χ4n) is 6.35. The molecule has 3 N–H and O–H groups in total. The van der Waals surface area contributed by atoms with E-state index in [1.165, 1.54) is 11.1 Å². The van der Waals surface area contributed by atoms with Crippen LogP contribution in [0.25, 0.3) is 0 Å². The molecular weight excluding hydrogens is 408 g/mol. The molecule has 2 aromatic rings. The molecule has 0 radical (unpaired) electrons. The number of amides is 1. The standard InChI is InChI=1S/C29H40N2O2/c1-4-23-17-26(25-10-5-6-11-27(25)30)20(2)18-29(23,14-15-31-28(32)22-12-13-22)19-21-8-7-9-24(16-21)33-3/h5-11,16,20,22-23,26H,4,12-15,17-19,30H2,1-3H3,(H,31,32)/t20?,23-,26?,29-/m1/s1. The Labute approximate surface area is 199 Å². The molecule has 0 aromatic heterocycles. The Morgan fingerprint density at radius 3 is 2.67 bits per heavy atom. The summed E-state index contributed by atoms with van der Waals surface area (Å²) in [5.41, 5.74) is 10.1. The number of anilines is 1. The number of hydrogen-bond acceptors (Lipinski definition) is 3. The van der Waals surface area contributed by atoms with Crippen molar-refractivity contribution in [3.05, 3.63) is 59.7 Å². The van der Waals surface area contributed by atoms with Crippen LogP contribution in [0.3, 0.4) is 0 Å². The maximum Gasteiger partial charge on any atom is 0.223 e. The van der Waals surface area contributed by atoms with Crippen LogP contribution < -0.4 is 15.8 Å². The van der Waals surface area contributed by atoms with Gasteiger partial charge in [-0.2, -0.15) is 0 Å². The van der Waals surface area contributed by atoms with Gasteiger partial charge in [-0.15, -0.1) is 0 Å². The molecule has 0 spiro atoms. The molecule has 33 heavy (non-hydrogen) atoms. The van der Waals surface area contributed by atoms with Gasteiger partial charge in [-0.3, -0.25) is 4.79 Å². The van der Waals surface area contributed by atoms with E-state index in [0.29, 0.717) is 17.8 Å². The van der Waals surface area contributed by atoms with Crippen LogP contribution in [0.2, 0.25) is 0 Å². The molecule has 2 aliphatic rings. The molecule has 2 unspecified atom stereocenters. The van der Waals surface area contributed by atoms with Crippen molar-refractivity contribution in [3.8, 4) is 5.75 Å². The number of nitrogens with one attached hydrogen (secondary N) is 1. The number of nitrogens with two attached hydrogens (primary N) is 1. The largest absolute Gasteiger partial charge is 0.497 e. The molecule has 0 saturated heterocycles. The summed E-state index contributed by atoms with van der Waals surface area (Å²) in [6.07, 6.45) is 7.56. The molecule has 4 rings (SSSR count). The summed E-state index contributed by atoms with van der Waals surface area (Å²) < 4.78 is 5.51. The Kier molecular flexibility index (Phi) is 7.31. The van der Waals surface area contributed by atoms with Gasteiger partial charge in [0.1, 0.15) is 5.75 Å². The van der Waals surface area contributed by atoms with Gasteiger partial charge in [0.25, 0.3) is 0 Å². The van der Waals surface area contributed by atoms with E-state index in [1.54, 1.807) is 7.11 Å². The summed E-state index contributed by atoms with van der Waals surface area (Å²) in [5.74, 6) is 3.01. The third kappa shape index (κ3) is 5.37. The molecule has 4 heteroatoms. The number of hydrogen-bond donors (Lipinski definition) is 2. The molecular formula is C29H40N2O2. The number of benzene rings is 2. The minimum Gasteiger partial charge on any atom is -0.497 e. The predicted octanol–water partition coefficient (Wildman–Crippen LogP) is 5.96. The van der Waals surface area contributed by atoms with Crippen molar-refractivity contribution in [1.82, 2.24) is 5.32 Å². The van der Waals surface area contributed by atoms with Crippen LogP contribution in [0.15, 0.2) is 48.5 Å². The van der Waals surface area contributed by atoms with E-state index in [2.05, 4.69) is 49.5 Å². The fraction of sp³-hybridized carbons (Fsp3) is 0.552. The second kappa shape index (κ2) is 10.2. The summed E-state index contributed by atoms with van der Waals surface area (Å²) in [5, 5.41) is 3.25. The topological polar surface area (TPSA) is 64.3 Å². The van der Waals surface area contributed by atoms with Crippen LogP contribution in [0.4, 0.5) is 5.69 Å². The van der Waals surface area contributed by atoms with Gasteiger partial charge < -0.3 is 15.8 Å². The van der Waals surface area contributed by atoms with Gasteiger partial charge in [-0.05, 0) is 91.0 Å². The van der Waals surface area contributed by atoms with Crippen LogP contribution in [0.1, 0.15) is 69.4 Å². The first-order valence-electron chi connectivity index (χ1n) is 12.7. The lowest BCUT2D eigenvalue weighted by molar-refractivity contribution is -0.122. The van der Waals surface area contributed by atoms with Crippen LogP contribution in [0.5, 0.6) is 5.75 Å². The first kappa shape index (κ1) is 23.7. The summed E-state index contributed by atoms with van der Waals surface area (Å²) >= 11 is 0. The minimum atomic E-state index is 0.150. The highest BCUT2D eigenvalue weighted by molar-refractivity contribution is 5.80. The number of carbonyl (C=O) groups excluding carboxylic acids is 1. The van der Waals surface area contributed by atoms with E-state index in [0.717, 1.165) is 62.9 Å². The fourth-order valence-corrected chi connectivity index (χ4v) is 6.35. The normalized spacial score (nSPS) is 27.2. The number of methoxy groups -OCH3 is 1. The third-order valence-corrected chi connectivity index (χ3v) is 8.27. The summed E-state index contributed by atoms with van der Waals surface area (Å²) in [7, 11) is 1.73. The lowest BCUT2D eigenvalue weighted by atomic mass is 9.54. The van der Waals surface area contributed by atoms with Crippen molar-refractivity contribution in [3.63, 3.8) is 0 Å². The Morgan fingerprint density at radius 2 is 1.97 bits per heavy atom. The maximum absolute atomic E-state index is 12.3. The zero-order chi connectivity index (χ0) is 23.4. The molecule has 4 atom stereocenters. The first-order chi connectivity index (χ1) is 16.0. The number of ether oxygens (including phenoxy) is 1. The Hall–Kier alpha value is -2.49. The van der Waals surface area contributed by atoms with Gasteiger partial charge in [0.15, 0.2) is 0 Å². The van der Waals surface area contributed by atoms with Gasteiger partial charge in [0.2, 0.25) is 5.91 Å². The Bertz CT molecular complexity index is 954. The number of nitrogen functional groups attached to an aromatic ring is 1. The quantitative estimate of drug-likeness (QED) is 0.465. The molecule has 2 saturated carbocycles. The highest BCUT2D eigenvalue weighted by atomic mass is 16.5. The van der Waals surface area contributed by atoms with E-state index < -0.39 is 0 Å². The highest BCUT2D eigenvalue weighted by Gasteiger charge is 2.46. The molecule has 4 nitrogen and oxygen atoms in total. The van der Waals surface area contributed by atoms with Crippen molar-refractivity contribution >= 4 is 11.6 Å². The third-order valence-electron chi connectivity index (χ3n) is 8.27. The minimum absolute atomic E-state index is 0.150. The molecule has 0 aliphatic heterocycles. The smallest absolute Gasteiger partial charge is 0.223 e. The van der Waals surface area contributed by atoms with Gasteiger partial charge >= 0.3 is 0 Å². The predicted molar refractivity (Wildman–Crippen MR) is 135 cm³/mol. The number of carbonyl (C=O) groups is 1. The van der Waals surface area contributed by atoms with Gasteiger partial charge in [0.05, 0.1) is 7.11 Å². The molecule has 2 aromatic carbocycles. The van der Waals surface area contributed by atoms with Crippen LogP contribution in [-0.4, -0.2) is 19.6 Å². The Balaban J connectivity index is 1.60. The lowest BCUT2D eigenvalue weighted by Gasteiger charge is -2.50. The van der Waals surface area contributed by atoms with E-state index in [1.807, 2.05) is 18.2 Å². The number of para-hydroxylation sites is 1. The van der Waals surface area contributed by atoms with Crippen molar-refractivity contribution in [2.24, 2.45) is 23.2 Å². The highest BCUT2D eigenvalue weighted by Crippen LogP contribution is 2.55. The lowest BCUT2D eigenvalue weighted by Crippen LogP contribution is -2.44. The molecule has 0 bridgehead atoms. The van der Waals surface area contributed by atoms with E-state index in [4.69, 9.17) is 10.5 Å². The van der Waals surface area contributed by atoms with Crippen LogP contribution in [-0.2, 0) is 11.2 Å². The maximum atomic E-state index is 12.3. The molecule has 2 fully saturated rings. The first-order valence-corrected chi connectivity index (χ1v) is 12.7. The zero-order valence-corrected chi connectivity index (χ0v) is 20.5. The second-order valence-corrected chi connectivity index (χ2v) is 10.5. The average molecular weight is 449 g/mol. The van der Waals surface area contributed by atoms with Crippen LogP contribution >= 0.6 is 0 Å². The van der Waals surface area contributed by atoms with Crippen molar-refractivity contribution in [2.75, 3.05) is 19.4 Å². The van der Waals surface area contributed by atoms with E-state index in [-0.39, 0.29) is 17.2 Å². The summed E-state index contributed by atoms with van der Waals surface area (Å²) in [6.45, 7) is 5.49. The monoisotopic (exact) mass is 448 g/mol. The number of rotatable bonds is 9. The van der Waals surface area contributed by atoms with Crippen molar-refractivity contribution in [1.29, 1.82) is 0 Å². The van der Waals surface area contributed by atoms with E-state index >= 15 is 0 Å². The SMILES string of the molecule is CC[C@@H]1CC(c2ccccc2N)C(C)C[C@]1(CCNC(=O)C1CC1)Cc1cccc(OC)c1. The van der Waals surface area contributed by atoms with Gasteiger partial charge in [-0.25, -0.2) is 0 Å².